The van der Waals surface area contributed by atoms with Crippen molar-refractivity contribution in [3.8, 4) is 0 Å². The highest BCUT2D eigenvalue weighted by Gasteiger charge is 2.19. The summed E-state index contributed by atoms with van der Waals surface area (Å²) >= 11 is 0. The van der Waals surface area contributed by atoms with Crippen LogP contribution in [0.15, 0.2) is 0 Å². The van der Waals surface area contributed by atoms with Crippen molar-refractivity contribution in [1.82, 2.24) is 0 Å². The SMILES string of the molecule is [2H]C([2H])(C(C)(C)C)C(C)(C)C. The Kier molecular flexibility index (Phi) is 1.48. The Morgan fingerprint density at radius 1 is 0.889 bits per heavy atom. The maximum atomic E-state index is 7.90. The zero-order valence-electron chi connectivity index (χ0n) is 9.50. The van der Waals surface area contributed by atoms with Gasteiger partial charge in [0.2, 0.25) is 0 Å². The van der Waals surface area contributed by atoms with E-state index in [1.165, 1.54) is 0 Å². The lowest BCUT2D eigenvalue weighted by Gasteiger charge is -2.28. The molecule has 0 saturated heterocycles. The molecule has 0 nitrogen and oxygen atoms in total. The van der Waals surface area contributed by atoms with Crippen LogP contribution in [0, 0.1) is 10.8 Å². The summed E-state index contributed by atoms with van der Waals surface area (Å²) in [6.07, 6.45) is -1.13. The largest absolute Gasteiger partial charge is 0.0602 e. The molecule has 0 atom stereocenters. The van der Waals surface area contributed by atoms with E-state index >= 15 is 0 Å². The predicted molar refractivity (Wildman–Crippen MR) is 43.5 cm³/mol. The third-order valence-corrected chi connectivity index (χ3v) is 0.750. The highest BCUT2D eigenvalue weighted by Crippen LogP contribution is 2.31. The Labute approximate surface area is 62.5 Å². The van der Waals surface area contributed by atoms with Gasteiger partial charge >= 0.3 is 0 Å². The van der Waals surface area contributed by atoms with Crippen molar-refractivity contribution in [2.75, 3.05) is 0 Å². The molecule has 0 amide bonds. The molecule has 0 bridgehead atoms. The Morgan fingerprint density at radius 3 is 1.11 bits per heavy atom. The van der Waals surface area contributed by atoms with Crippen LogP contribution in [0.25, 0.3) is 0 Å². The molecule has 0 heterocycles. The molecule has 0 rings (SSSR count). The Bertz CT molecular complexity index is 119. The van der Waals surface area contributed by atoms with Gasteiger partial charge in [-0.15, -0.1) is 0 Å². The van der Waals surface area contributed by atoms with Gasteiger partial charge in [-0.1, -0.05) is 41.5 Å². The average Bonchev–Trinajstić information content (AvgIpc) is 1.58. The third kappa shape index (κ3) is 8.00. The van der Waals surface area contributed by atoms with Gasteiger partial charge < -0.3 is 0 Å². The first-order valence-corrected chi connectivity index (χ1v) is 3.50. The van der Waals surface area contributed by atoms with Crippen LogP contribution in [0.1, 0.15) is 50.7 Å². The third-order valence-electron chi connectivity index (χ3n) is 0.750. The summed E-state index contributed by atoms with van der Waals surface area (Å²) in [4.78, 5) is 0. The van der Waals surface area contributed by atoms with Crippen molar-refractivity contribution in [1.29, 1.82) is 0 Å². The van der Waals surface area contributed by atoms with E-state index in [9.17, 15) is 0 Å². The van der Waals surface area contributed by atoms with Gasteiger partial charge in [-0.2, -0.15) is 0 Å². The summed E-state index contributed by atoms with van der Waals surface area (Å²) < 4.78 is 15.8. The van der Waals surface area contributed by atoms with E-state index in [2.05, 4.69) is 0 Å². The second-order valence-corrected chi connectivity index (χ2v) is 4.62. The fourth-order valence-corrected chi connectivity index (χ4v) is 1.12. The van der Waals surface area contributed by atoms with Crippen molar-refractivity contribution in [2.45, 2.75) is 47.9 Å². The molecule has 0 unspecified atom stereocenters. The second kappa shape index (κ2) is 2.32. The Balaban J connectivity index is 4.75. The molecule has 0 fully saturated rings. The maximum absolute atomic E-state index is 7.90. The Morgan fingerprint density at radius 2 is 1.11 bits per heavy atom. The van der Waals surface area contributed by atoms with Gasteiger partial charge in [0.25, 0.3) is 0 Å². The van der Waals surface area contributed by atoms with Gasteiger partial charge in [0.1, 0.15) is 0 Å². The highest BCUT2D eigenvalue weighted by atomic mass is 14.3. The molecule has 0 aromatic rings. The zero-order valence-corrected chi connectivity index (χ0v) is 7.50. The smallest absolute Gasteiger partial charge is 0.0277 e. The van der Waals surface area contributed by atoms with E-state index in [0.717, 1.165) is 0 Å². The summed E-state index contributed by atoms with van der Waals surface area (Å²) in [5, 5.41) is 0. The van der Waals surface area contributed by atoms with Crippen LogP contribution in [0.5, 0.6) is 0 Å². The second-order valence-electron chi connectivity index (χ2n) is 4.62. The fourth-order valence-electron chi connectivity index (χ4n) is 1.12. The fraction of sp³-hybridized carbons (Fsp3) is 1.00. The molecule has 0 aliphatic heterocycles. The van der Waals surface area contributed by atoms with Gasteiger partial charge in [-0.3, -0.25) is 0 Å². The lowest BCUT2D eigenvalue weighted by Crippen LogP contribution is -2.16. The number of hydrogen-bond acceptors (Lipinski definition) is 0. The van der Waals surface area contributed by atoms with Crippen molar-refractivity contribution in [3.63, 3.8) is 0 Å². The normalized spacial score (nSPS) is 18.9. The molecule has 56 valence electrons. The van der Waals surface area contributed by atoms with Crippen LogP contribution in [0.2, 0.25) is 0 Å². The van der Waals surface area contributed by atoms with Gasteiger partial charge in [-0.25, -0.2) is 0 Å². The first-order valence-electron chi connectivity index (χ1n) is 4.50. The van der Waals surface area contributed by atoms with Crippen LogP contribution in [0.3, 0.4) is 0 Å². The summed E-state index contributed by atoms with van der Waals surface area (Å²) in [6, 6.07) is 0. The average molecular weight is 130 g/mol. The first kappa shape index (κ1) is 5.76. The summed E-state index contributed by atoms with van der Waals surface area (Å²) in [6.45, 7) is 11.7. The van der Waals surface area contributed by atoms with Gasteiger partial charge in [-0.05, 0) is 17.2 Å². The molecule has 0 saturated carbocycles. The molecule has 0 aromatic carbocycles. The quantitative estimate of drug-likeness (QED) is 0.471. The number of hydrogen-bond donors (Lipinski definition) is 0. The summed E-state index contributed by atoms with van der Waals surface area (Å²) in [5.74, 6) is 0. The van der Waals surface area contributed by atoms with Crippen molar-refractivity contribution in [2.24, 2.45) is 10.8 Å². The van der Waals surface area contributed by atoms with Crippen LogP contribution in [0.4, 0.5) is 0 Å². The van der Waals surface area contributed by atoms with Gasteiger partial charge in [0, 0.05) is 2.74 Å². The molecule has 9 heavy (non-hydrogen) atoms. The van der Waals surface area contributed by atoms with E-state index in [0.29, 0.717) is 0 Å². The van der Waals surface area contributed by atoms with Crippen LogP contribution in [-0.4, -0.2) is 0 Å². The zero-order chi connectivity index (χ0) is 9.50. The molecule has 0 radical (unpaired) electrons. The molecule has 0 N–H and O–H groups in total. The maximum Gasteiger partial charge on any atom is 0.0277 e. The van der Waals surface area contributed by atoms with E-state index in [1.807, 2.05) is 41.5 Å². The first-order chi connectivity index (χ1) is 4.50. The summed E-state index contributed by atoms with van der Waals surface area (Å²) in [5.41, 5.74) is -0.573. The van der Waals surface area contributed by atoms with Crippen molar-refractivity contribution >= 4 is 0 Å². The van der Waals surface area contributed by atoms with Crippen molar-refractivity contribution in [3.05, 3.63) is 0 Å². The van der Waals surface area contributed by atoms with E-state index in [4.69, 9.17) is 2.74 Å². The van der Waals surface area contributed by atoms with Crippen LogP contribution < -0.4 is 0 Å². The molecular weight excluding hydrogens is 108 g/mol. The molecular formula is C9H20. The van der Waals surface area contributed by atoms with E-state index in [1.54, 1.807) is 0 Å². The molecule has 0 heteroatoms. The van der Waals surface area contributed by atoms with Crippen molar-refractivity contribution < 1.29 is 2.74 Å². The number of rotatable bonds is 0. The van der Waals surface area contributed by atoms with Crippen LogP contribution >= 0.6 is 0 Å². The van der Waals surface area contributed by atoms with E-state index in [-0.39, 0.29) is 10.8 Å². The van der Waals surface area contributed by atoms with Gasteiger partial charge in [0.05, 0.1) is 0 Å². The van der Waals surface area contributed by atoms with Crippen LogP contribution in [-0.2, 0) is 0 Å². The lowest BCUT2D eigenvalue weighted by atomic mass is 9.78. The van der Waals surface area contributed by atoms with E-state index < -0.39 is 6.37 Å². The molecule has 0 aromatic heterocycles. The highest BCUT2D eigenvalue weighted by molar-refractivity contribution is 4.71. The minimum Gasteiger partial charge on any atom is -0.0602 e. The monoisotopic (exact) mass is 130 g/mol. The minimum absolute atomic E-state index is 0.286. The molecule has 0 aliphatic carbocycles. The molecule has 0 aliphatic rings. The molecule has 0 spiro atoms. The Hall–Kier alpha value is 0. The predicted octanol–water partition coefficient (Wildman–Crippen LogP) is 3.47. The topological polar surface area (TPSA) is 0 Å². The summed E-state index contributed by atoms with van der Waals surface area (Å²) in [7, 11) is 0. The minimum atomic E-state index is -1.13. The standard InChI is InChI=1S/C9H20/c1-8(2,3)7-9(4,5)6/h7H2,1-6H3/i7D2. The lowest BCUT2D eigenvalue weighted by molar-refractivity contribution is 0.233. The van der Waals surface area contributed by atoms with Gasteiger partial charge in [0.15, 0.2) is 0 Å².